The summed E-state index contributed by atoms with van der Waals surface area (Å²) in [6, 6.07) is 0. The number of piperidine rings is 1. The molecule has 134 valence electrons. The Balaban J connectivity index is 2.00. The molecule has 0 atom stereocenters. The molecule has 0 unspecified atom stereocenters. The van der Waals surface area contributed by atoms with Crippen LogP contribution in [0.3, 0.4) is 0 Å². The summed E-state index contributed by atoms with van der Waals surface area (Å²) in [5.74, 6) is 3.34. The van der Waals surface area contributed by atoms with Gasteiger partial charge in [0.15, 0.2) is 0 Å². The highest BCUT2D eigenvalue weighted by molar-refractivity contribution is 14.1. The van der Waals surface area contributed by atoms with Gasteiger partial charge >= 0.3 is 0 Å². The van der Waals surface area contributed by atoms with Crippen molar-refractivity contribution in [1.29, 1.82) is 0 Å². The fourth-order valence-electron chi connectivity index (χ4n) is 3.81. The number of quaternary nitrogens is 1. The first-order valence-corrected chi connectivity index (χ1v) is 11.0. The lowest BCUT2D eigenvalue weighted by molar-refractivity contribution is -0.926. The van der Waals surface area contributed by atoms with Crippen molar-refractivity contribution in [2.75, 3.05) is 32.8 Å². The molecular formula is C20H37INO+. The third kappa shape index (κ3) is 10.6. The number of hydrogen-bond acceptors (Lipinski definition) is 1. The first-order chi connectivity index (χ1) is 11.3. The van der Waals surface area contributed by atoms with Crippen molar-refractivity contribution in [2.45, 2.75) is 83.5 Å². The summed E-state index contributed by atoms with van der Waals surface area (Å²) in [6.07, 6.45) is 17.5. The SMILES string of the molecule is OCCCCCCCCCCCC[N+]1(CC#CI)CCCCC1. The van der Waals surface area contributed by atoms with Crippen molar-refractivity contribution in [2.24, 2.45) is 0 Å². The summed E-state index contributed by atoms with van der Waals surface area (Å²) < 4.78 is 4.35. The molecule has 1 heterocycles. The molecule has 0 radical (unpaired) electrons. The molecular weight excluding hydrogens is 397 g/mol. The van der Waals surface area contributed by atoms with Gasteiger partial charge in [-0.1, -0.05) is 44.9 Å². The van der Waals surface area contributed by atoms with Gasteiger partial charge in [-0.15, -0.1) is 0 Å². The van der Waals surface area contributed by atoms with Crippen LogP contribution in [0.5, 0.6) is 0 Å². The van der Waals surface area contributed by atoms with Crippen molar-refractivity contribution >= 4 is 22.6 Å². The van der Waals surface area contributed by atoms with Crippen LogP contribution in [0.15, 0.2) is 0 Å². The highest BCUT2D eigenvalue weighted by Gasteiger charge is 2.28. The summed E-state index contributed by atoms with van der Waals surface area (Å²) >= 11 is 2.18. The van der Waals surface area contributed by atoms with Crippen LogP contribution in [0.1, 0.15) is 83.5 Å². The maximum Gasteiger partial charge on any atom is 0.141 e. The van der Waals surface area contributed by atoms with Gasteiger partial charge in [0.2, 0.25) is 0 Å². The second-order valence-corrected chi connectivity index (χ2v) is 7.80. The number of aliphatic hydroxyl groups excluding tert-OH is 1. The number of hydrogen-bond donors (Lipinski definition) is 1. The van der Waals surface area contributed by atoms with Crippen LogP contribution in [-0.4, -0.2) is 42.4 Å². The zero-order valence-electron chi connectivity index (χ0n) is 15.0. The second-order valence-electron chi connectivity index (χ2n) is 7.26. The Hall–Kier alpha value is 0.210. The number of likely N-dealkylation sites (tertiary alicyclic amines) is 1. The van der Waals surface area contributed by atoms with Crippen LogP contribution in [0, 0.1) is 9.85 Å². The summed E-state index contributed by atoms with van der Waals surface area (Å²) in [5.41, 5.74) is 0. The van der Waals surface area contributed by atoms with Crippen LogP contribution < -0.4 is 0 Å². The van der Waals surface area contributed by atoms with Gasteiger partial charge in [-0.2, -0.15) is 0 Å². The fourth-order valence-corrected chi connectivity index (χ4v) is 3.99. The summed E-state index contributed by atoms with van der Waals surface area (Å²) in [6.45, 7) is 5.52. The maximum atomic E-state index is 8.74. The molecule has 1 fully saturated rings. The standard InChI is InChI=1S/C20H37INO/c21-15-14-19-22(17-11-9-12-18-22)16-10-7-5-3-1-2-4-6-8-13-20-23/h23H,1-13,16-20H2/q+1. The Morgan fingerprint density at radius 3 is 1.78 bits per heavy atom. The average Bonchev–Trinajstić information content (AvgIpc) is 2.59. The first kappa shape index (κ1) is 21.3. The van der Waals surface area contributed by atoms with E-state index >= 15 is 0 Å². The predicted octanol–water partition coefficient (Wildman–Crippen LogP) is 5.28. The number of unbranched alkanes of at least 4 members (excludes halogenated alkanes) is 9. The van der Waals surface area contributed by atoms with Crippen molar-refractivity contribution in [3.05, 3.63) is 0 Å². The molecule has 1 N–H and O–H groups in total. The molecule has 2 nitrogen and oxygen atoms in total. The minimum absolute atomic E-state index is 0.365. The van der Waals surface area contributed by atoms with E-state index in [2.05, 4.69) is 32.4 Å². The summed E-state index contributed by atoms with van der Waals surface area (Å²) in [7, 11) is 0. The van der Waals surface area contributed by atoms with E-state index < -0.39 is 0 Å². The van der Waals surface area contributed by atoms with Gasteiger partial charge in [0.1, 0.15) is 6.54 Å². The van der Waals surface area contributed by atoms with E-state index in [9.17, 15) is 0 Å². The Morgan fingerprint density at radius 2 is 1.26 bits per heavy atom. The molecule has 0 amide bonds. The normalized spacial score (nSPS) is 16.8. The first-order valence-electron chi connectivity index (χ1n) is 9.87. The number of rotatable bonds is 13. The van der Waals surface area contributed by atoms with E-state index in [4.69, 9.17) is 5.11 Å². The smallest absolute Gasteiger partial charge is 0.141 e. The number of nitrogens with zero attached hydrogens (tertiary/aromatic N) is 1. The highest BCUT2D eigenvalue weighted by atomic mass is 127. The van der Waals surface area contributed by atoms with Crippen molar-refractivity contribution in [1.82, 2.24) is 0 Å². The topological polar surface area (TPSA) is 20.2 Å². The lowest BCUT2D eigenvalue weighted by atomic mass is 10.0. The Kier molecular flexibility index (Phi) is 13.4. The zero-order valence-corrected chi connectivity index (χ0v) is 17.2. The molecule has 1 aliphatic heterocycles. The van der Waals surface area contributed by atoms with Gasteiger partial charge < -0.3 is 9.59 Å². The third-order valence-corrected chi connectivity index (χ3v) is 5.67. The van der Waals surface area contributed by atoms with E-state index in [0.29, 0.717) is 6.61 Å². The molecule has 1 saturated heterocycles. The van der Waals surface area contributed by atoms with Gasteiger partial charge in [0, 0.05) is 29.2 Å². The molecule has 0 aromatic heterocycles. The molecule has 0 aromatic carbocycles. The van der Waals surface area contributed by atoms with Crippen LogP contribution >= 0.6 is 22.6 Å². The zero-order chi connectivity index (χ0) is 16.6. The van der Waals surface area contributed by atoms with Gasteiger partial charge in [-0.3, -0.25) is 0 Å². The van der Waals surface area contributed by atoms with Crippen LogP contribution in [0.4, 0.5) is 0 Å². The van der Waals surface area contributed by atoms with Crippen LogP contribution in [-0.2, 0) is 0 Å². The van der Waals surface area contributed by atoms with E-state index in [-0.39, 0.29) is 0 Å². The van der Waals surface area contributed by atoms with Gasteiger partial charge in [0.25, 0.3) is 0 Å². The quantitative estimate of drug-likeness (QED) is 0.181. The predicted molar refractivity (Wildman–Crippen MR) is 109 cm³/mol. The second kappa shape index (κ2) is 14.5. The molecule has 0 saturated carbocycles. The van der Waals surface area contributed by atoms with Crippen molar-refractivity contribution in [3.8, 4) is 9.85 Å². The monoisotopic (exact) mass is 434 g/mol. The molecule has 23 heavy (non-hydrogen) atoms. The van der Waals surface area contributed by atoms with Crippen LogP contribution in [0.25, 0.3) is 0 Å². The van der Waals surface area contributed by atoms with E-state index in [1.165, 1.54) is 101 Å². The van der Waals surface area contributed by atoms with Crippen LogP contribution in [0.2, 0.25) is 0 Å². The minimum Gasteiger partial charge on any atom is -0.396 e. The van der Waals surface area contributed by atoms with Gasteiger partial charge in [-0.25, -0.2) is 0 Å². The Bertz CT molecular complexity index is 328. The lowest BCUT2D eigenvalue weighted by Crippen LogP contribution is -2.52. The minimum atomic E-state index is 0.365. The third-order valence-electron chi connectivity index (χ3n) is 5.29. The molecule has 1 rings (SSSR count). The molecule has 3 heteroatoms. The molecule has 0 aromatic rings. The molecule has 0 aliphatic carbocycles. The van der Waals surface area contributed by atoms with E-state index in [0.717, 1.165) is 13.0 Å². The van der Waals surface area contributed by atoms with Crippen molar-refractivity contribution in [3.63, 3.8) is 0 Å². The maximum absolute atomic E-state index is 8.74. The fraction of sp³-hybridized carbons (Fsp3) is 0.900. The highest BCUT2D eigenvalue weighted by Crippen LogP contribution is 2.20. The van der Waals surface area contributed by atoms with E-state index in [1.807, 2.05) is 0 Å². The summed E-state index contributed by atoms with van der Waals surface area (Å²) in [4.78, 5) is 0. The Morgan fingerprint density at radius 1 is 0.739 bits per heavy atom. The largest absolute Gasteiger partial charge is 0.396 e. The molecule has 1 aliphatic rings. The number of halogens is 1. The lowest BCUT2D eigenvalue weighted by Gasteiger charge is -2.40. The summed E-state index contributed by atoms with van der Waals surface area (Å²) in [5, 5.41) is 8.74. The van der Waals surface area contributed by atoms with Crippen molar-refractivity contribution < 1.29 is 9.59 Å². The Labute approximate surface area is 158 Å². The molecule has 0 spiro atoms. The van der Waals surface area contributed by atoms with Gasteiger partial charge in [0.05, 0.1) is 19.6 Å². The van der Waals surface area contributed by atoms with E-state index in [1.54, 1.807) is 0 Å². The number of aliphatic hydroxyl groups is 1. The van der Waals surface area contributed by atoms with Gasteiger partial charge in [-0.05, 0) is 48.4 Å². The average molecular weight is 434 g/mol. The molecule has 0 bridgehead atoms.